The second-order valence-corrected chi connectivity index (χ2v) is 5.34. The van der Waals surface area contributed by atoms with Crippen LogP contribution in [0.4, 0.5) is 5.69 Å². The van der Waals surface area contributed by atoms with Crippen molar-refractivity contribution in [1.29, 1.82) is 0 Å². The van der Waals surface area contributed by atoms with Crippen molar-refractivity contribution in [3.63, 3.8) is 0 Å². The van der Waals surface area contributed by atoms with Crippen LogP contribution in [-0.4, -0.2) is 11.7 Å². The van der Waals surface area contributed by atoms with Gasteiger partial charge in [0.05, 0.1) is 0 Å². The fraction of sp³-hybridized carbons (Fsp3) is 0.0667. The van der Waals surface area contributed by atoms with Crippen LogP contribution in [0.3, 0.4) is 0 Å². The monoisotopic (exact) mass is 365 g/mol. The van der Waals surface area contributed by atoms with E-state index in [-0.39, 0.29) is 11.7 Å². The van der Waals surface area contributed by atoms with Gasteiger partial charge in [-0.25, -0.2) is 0 Å². The third-order valence-electron chi connectivity index (χ3n) is 2.66. The van der Waals surface area contributed by atoms with Crippen molar-refractivity contribution in [2.45, 2.75) is 6.92 Å². The van der Waals surface area contributed by atoms with E-state index in [0.29, 0.717) is 16.8 Å². The smallest absolute Gasteiger partial charge is 0.255 e. The standard InChI is InChI=1S/C15H12INO2/c1-10(18)11-4-8-14(9-5-11)17-15(19)12-2-6-13(16)7-3-12/h2-9H,1H3,(H,17,19). The molecule has 0 aliphatic heterocycles. The average Bonchev–Trinajstić information content (AvgIpc) is 2.40. The number of anilines is 1. The van der Waals surface area contributed by atoms with E-state index in [2.05, 4.69) is 27.9 Å². The van der Waals surface area contributed by atoms with Crippen molar-refractivity contribution < 1.29 is 9.59 Å². The zero-order chi connectivity index (χ0) is 13.8. The Hall–Kier alpha value is -1.69. The average molecular weight is 365 g/mol. The van der Waals surface area contributed by atoms with Gasteiger partial charge in [-0.15, -0.1) is 0 Å². The molecule has 0 saturated carbocycles. The number of ketones is 1. The van der Waals surface area contributed by atoms with Gasteiger partial charge >= 0.3 is 0 Å². The van der Waals surface area contributed by atoms with E-state index in [4.69, 9.17) is 0 Å². The largest absolute Gasteiger partial charge is 0.322 e. The second-order valence-electron chi connectivity index (χ2n) is 4.09. The quantitative estimate of drug-likeness (QED) is 0.665. The number of hydrogen-bond acceptors (Lipinski definition) is 2. The van der Waals surface area contributed by atoms with E-state index < -0.39 is 0 Å². The van der Waals surface area contributed by atoms with Crippen molar-refractivity contribution in [2.24, 2.45) is 0 Å². The number of halogens is 1. The van der Waals surface area contributed by atoms with Crippen LogP contribution in [0.25, 0.3) is 0 Å². The lowest BCUT2D eigenvalue weighted by Crippen LogP contribution is -2.11. The van der Waals surface area contributed by atoms with Crippen molar-refractivity contribution in [1.82, 2.24) is 0 Å². The Morgan fingerprint density at radius 1 is 0.895 bits per heavy atom. The van der Waals surface area contributed by atoms with Gasteiger partial charge in [0.2, 0.25) is 0 Å². The maximum Gasteiger partial charge on any atom is 0.255 e. The SMILES string of the molecule is CC(=O)c1ccc(NC(=O)c2ccc(I)cc2)cc1. The minimum absolute atomic E-state index is 0.00973. The molecule has 0 bridgehead atoms. The van der Waals surface area contributed by atoms with Crippen LogP contribution in [0, 0.1) is 3.57 Å². The van der Waals surface area contributed by atoms with Gasteiger partial charge in [0, 0.05) is 20.4 Å². The molecule has 0 spiro atoms. The number of rotatable bonds is 3. The Morgan fingerprint density at radius 3 is 1.95 bits per heavy atom. The maximum absolute atomic E-state index is 12.0. The van der Waals surface area contributed by atoms with Crippen molar-refractivity contribution >= 4 is 40.0 Å². The van der Waals surface area contributed by atoms with Gasteiger partial charge in [0.25, 0.3) is 5.91 Å². The Morgan fingerprint density at radius 2 is 1.42 bits per heavy atom. The lowest BCUT2D eigenvalue weighted by Gasteiger charge is -2.06. The molecular formula is C15H12INO2. The zero-order valence-corrected chi connectivity index (χ0v) is 12.5. The number of benzene rings is 2. The van der Waals surface area contributed by atoms with Crippen molar-refractivity contribution in [3.05, 3.63) is 63.2 Å². The molecule has 3 nitrogen and oxygen atoms in total. The highest BCUT2D eigenvalue weighted by Gasteiger charge is 2.06. The lowest BCUT2D eigenvalue weighted by atomic mass is 10.1. The predicted octanol–water partition coefficient (Wildman–Crippen LogP) is 3.75. The highest BCUT2D eigenvalue weighted by molar-refractivity contribution is 14.1. The second kappa shape index (κ2) is 5.97. The van der Waals surface area contributed by atoms with Gasteiger partial charge < -0.3 is 5.32 Å². The molecule has 0 atom stereocenters. The van der Waals surface area contributed by atoms with Gasteiger partial charge in [0.15, 0.2) is 5.78 Å². The third kappa shape index (κ3) is 3.64. The topological polar surface area (TPSA) is 46.2 Å². The molecule has 0 aromatic heterocycles. The molecule has 2 rings (SSSR count). The van der Waals surface area contributed by atoms with Gasteiger partial charge in [-0.1, -0.05) is 0 Å². The molecule has 0 aliphatic rings. The van der Waals surface area contributed by atoms with E-state index in [1.54, 1.807) is 36.4 Å². The number of carbonyl (C=O) groups is 2. The summed E-state index contributed by atoms with van der Waals surface area (Å²) < 4.78 is 1.08. The Kier molecular flexibility index (Phi) is 4.31. The third-order valence-corrected chi connectivity index (χ3v) is 3.37. The predicted molar refractivity (Wildman–Crippen MR) is 83.6 cm³/mol. The maximum atomic E-state index is 12.0. The van der Waals surface area contributed by atoms with Crippen LogP contribution < -0.4 is 5.32 Å². The van der Waals surface area contributed by atoms with Gasteiger partial charge in [-0.05, 0) is 78.0 Å². The highest BCUT2D eigenvalue weighted by Crippen LogP contribution is 2.13. The summed E-state index contributed by atoms with van der Waals surface area (Å²) in [6, 6.07) is 14.2. The van der Waals surface area contributed by atoms with E-state index in [1.165, 1.54) is 6.92 Å². The van der Waals surface area contributed by atoms with Crippen LogP contribution in [0.1, 0.15) is 27.6 Å². The minimum atomic E-state index is -0.160. The van der Waals surface area contributed by atoms with Crippen LogP contribution >= 0.6 is 22.6 Å². The summed E-state index contributed by atoms with van der Waals surface area (Å²) in [6.07, 6.45) is 0. The Bertz CT molecular complexity index is 603. The molecule has 0 fully saturated rings. The summed E-state index contributed by atoms with van der Waals surface area (Å²) in [5.74, 6) is -0.150. The number of hydrogen-bond donors (Lipinski definition) is 1. The number of carbonyl (C=O) groups excluding carboxylic acids is 2. The molecule has 0 unspecified atom stereocenters. The van der Waals surface area contributed by atoms with E-state index in [9.17, 15) is 9.59 Å². The molecule has 2 aromatic carbocycles. The normalized spacial score (nSPS) is 10.0. The van der Waals surface area contributed by atoms with Gasteiger partial charge in [0.1, 0.15) is 0 Å². The minimum Gasteiger partial charge on any atom is -0.322 e. The molecule has 0 heterocycles. The number of Topliss-reactive ketones (excluding diaryl/α,β-unsaturated/α-hetero) is 1. The van der Waals surface area contributed by atoms with Crippen LogP contribution in [0.5, 0.6) is 0 Å². The van der Waals surface area contributed by atoms with Crippen LogP contribution in [0.2, 0.25) is 0 Å². The molecule has 1 amide bonds. The van der Waals surface area contributed by atoms with Crippen LogP contribution in [-0.2, 0) is 0 Å². The molecule has 4 heteroatoms. The first kappa shape index (κ1) is 13.7. The van der Waals surface area contributed by atoms with Gasteiger partial charge in [-0.2, -0.15) is 0 Å². The fourth-order valence-electron chi connectivity index (χ4n) is 1.59. The summed E-state index contributed by atoms with van der Waals surface area (Å²) >= 11 is 2.19. The number of nitrogens with one attached hydrogen (secondary N) is 1. The van der Waals surface area contributed by atoms with Gasteiger partial charge in [-0.3, -0.25) is 9.59 Å². The Balaban J connectivity index is 2.10. The summed E-state index contributed by atoms with van der Waals surface area (Å²) in [4.78, 5) is 23.1. The summed E-state index contributed by atoms with van der Waals surface area (Å²) in [6.45, 7) is 1.51. The first-order valence-electron chi connectivity index (χ1n) is 5.74. The lowest BCUT2D eigenvalue weighted by molar-refractivity contribution is 0.101. The molecule has 0 aliphatic carbocycles. The first-order valence-corrected chi connectivity index (χ1v) is 6.82. The van der Waals surface area contributed by atoms with Crippen molar-refractivity contribution in [2.75, 3.05) is 5.32 Å². The van der Waals surface area contributed by atoms with Crippen LogP contribution in [0.15, 0.2) is 48.5 Å². The van der Waals surface area contributed by atoms with Crippen molar-refractivity contribution in [3.8, 4) is 0 Å². The molecule has 96 valence electrons. The zero-order valence-electron chi connectivity index (χ0n) is 10.3. The van der Waals surface area contributed by atoms with E-state index in [1.807, 2.05) is 12.1 Å². The Labute approximate surface area is 125 Å². The fourth-order valence-corrected chi connectivity index (χ4v) is 1.95. The summed E-state index contributed by atoms with van der Waals surface area (Å²) in [7, 11) is 0. The first-order chi connectivity index (χ1) is 9.06. The summed E-state index contributed by atoms with van der Waals surface area (Å²) in [5.41, 5.74) is 1.91. The van der Waals surface area contributed by atoms with E-state index in [0.717, 1.165) is 3.57 Å². The molecule has 2 aromatic rings. The summed E-state index contributed by atoms with van der Waals surface area (Å²) in [5, 5.41) is 2.79. The number of amides is 1. The molecule has 1 N–H and O–H groups in total. The van der Waals surface area contributed by atoms with E-state index >= 15 is 0 Å². The molecule has 19 heavy (non-hydrogen) atoms. The molecule has 0 saturated heterocycles. The highest BCUT2D eigenvalue weighted by atomic mass is 127. The molecule has 0 radical (unpaired) electrons. The molecular weight excluding hydrogens is 353 g/mol.